The van der Waals surface area contributed by atoms with E-state index in [1.54, 1.807) is 42.6 Å². The number of fused-ring (bicyclic) bond motifs is 6. The molecule has 0 radical (unpaired) electrons. The van der Waals surface area contributed by atoms with E-state index in [1.165, 1.54) is 24.3 Å². The van der Waals surface area contributed by atoms with E-state index in [9.17, 15) is 24.5 Å². The number of nitro benzene ring substituents is 1. The minimum atomic E-state index is -1.50. The molecule has 3 heterocycles. The Kier molecular flexibility index (Phi) is 5.85. The molecule has 7 rings (SSSR count). The SMILES string of the molecule is O=C(c1ccccc1Cl)[C@@H]1[C@H](C(=O)c2ccc([N+](=O)[O-])cc2)[C@@]2(C(=O)Nc3ccccc32)[C@H]2c3ccccc3C=CN12. The number of rotatable bonds is 5. The molecule has 1 spiro atoms. The van der Waals surface area contributed by atoms with Gasteiger partial charge in [0.15, 0.2) is 11.6 Å². The third kappa shape index (κ3) is 3.51. The van der Waals surface area contributed by atoms with E-state index in [4.69, 9.17) is 11.6 Å². The number of non-ortho nitro benzene ring substituents is 1. The van der Waals surface area contributed by atoms with Crippen molar-refractivity contribution in [2.24, 2.45) is 5.92 Å². The van der Waals surface area contributed by atoms with Crippen molar-refractivity contribution < 1.29 is 19.3 Å². The number of halogens is 1. The monoisotopic (exact) mass is 575 g/mol. The van der Waals surface area contributed by atoms with Gasteiger partial charge >= 0.3 is 0 Å². The fourth-order valence-electron chi connectivity index (χ4n) is 6.92. The summed E-state index contributed by atoms with van der Waals surface area (Å²) in [4.78, 5) is 56.4. The van der Waals surface area contributed by atoms with Crippen LogP contribution in [0.25, 0.3) is 6.08 Å². The van der Waals surface area contributed by atoms with Gasteiger partial charge in [0.2, 0.25) is 5.91 Å². The summed E-state index contributed by atoms with van der Waals surface area (Å²) in [6, 6.07) is 25.0. The Labute approximate surface area is 245 Å². The standard InChI is InChI=1S/C33H22ClN3O5/c34-25-11-5-3-9-23(25)30(39)28-27(29(38)20-13-15-21(16-14-20)37(41)42)33(24-10-4-6-12-26(24)35-32(33)40)31-22-8-2-1-7-19(22)17-18-36(28)31/h1-18,27-28,31H,(H,35,40)/t27-,28+,31-,33-/m1/s1. The van der Waals surface area contributed by atoms with Crippen molar-refractivity contribution in [2.75, 3.05) is 5.32 Å². The molecule has 3 aliphatic heterocycles. The first kappa shape index (κ1) is 25.9. The van der Waals surface area contributed by atoms with Gasteiger partial charge in [-0.25, -0.2) is 0 Å². The molecule has 1 N–H and O–H groups in total. The lowest BCUT2D eigenvalue weighted by atomic mass is 9.62. The van der Waals surface area contributed by atoms with Gasteiger partial charge in [0.25, 0.3) is 5.69 Å². The molecule has 0 saturated carbocycles. The second kappa shape index (κ2) is 9.49. The Morgan fingerprint density at radius 1 is 0.881 bits per heavy atom. The molecule has 8 nitrogen and oxygen atoms in total. The molecule has 0 aliphatic carbocycles. The van der Waals surface area contributed by atoms with Gasteiger partial charge in [-0.15, -0.1) is 0 Å². The van der Waals surface area contributed by atoms with Crippen molar-refractivity contribution in [3.05, 3.63) is 146 Å². The maximum atomic E-state index is 14.7. The minimum absolute atomic E-state index is 0.163. The Balaban J connectivity index is 1.53. The number of nitrogens with one attached hydrogen (secondary N) is 1. The highest BCUT2D eigenvalue weighted by Crippen LogP contribution is 2.62. The third-order valence-corrected chi connectivity index (χ3v) is 8.95. The van der Waals surface area contributed by atoms with E-state index in [1.807, 2.05) is 47.4 Å². The van der Waals surface area contributed by atoms with E-state index in [0.717, 1.165) is 11.1 Å². The van der Waals surface area contributed by atoms with Gasteiger partial charge in [0.1, 0.15) is 11.5 Å². The van der Waals surface area contributed by atoms with Crippen molar-refractivity contribution in [1.29, 1.82) is 0 Å². The van der Waals surface area contributed by atoms with Crippen molar-refractivity contribution in [1.82, 2.24) is 4.90 Å². The average molecular weight is 576 g/mol. The number of amides is 1. The summed E-state index contributed by atoms with van der Waals surface area (Å²) in [5.41, 5.74) is 1.60. The number of hydrogen-bond acceptors (Lipinski definition) is 6. The first-order chi connectivity index (χ1) is 20.3. The molecule has 1 fully saturated rings. The van der Waals surface area contributed by atoms with Crippen molar-refractivity contribution in [3.8, 4) is 0 Å². The van der Waals surface area contributed by atoms with E-state index < -0.39 is 45.8 Å². The van der Waals surface area contributed by atoms with Crippen LogP contribution in [0.3, 0.4) is 0 Å². The van der Waals surface area contributed by atoms with E-state index >= 15 is 0 Å². The molecule has 4 aromatic carbocycles. The predicted molar refractivity (Wildman–Crippen MR) is 157 cm³/mol. The number of nitro groups is 1. The molecule has 4 atom stereocenters. The number of para-hydroxylation sites is 1. The first-order valence-corrected chi connectivity index (χ1v) is 13.7. The number of carbonyl (C=O) groups excluding carboxylic acids is 3. The van der Waals surface area contributed by atoms with Crippen LogP contribution in [-0.4, -0.2) is 33.3 Å². The number of carbonyl (C=O) groups is 3. The van der Waals surface area contributed by atoms with Gasteiger partial charge in [0.05, 0.1) is 21.9 Å². The predicted octanol–water partition coefficient (Wildman–Crippen LogP) is 6.23. The largest absolute Gasteiger partial charge is 0.358 e. The zero-order chi connectivity index (χ0) is 29.2. The van der Waals surface area contributed by atoms with E-state index in [2.05, 4.69) is 5.32 Å². The number of Topliss-reactive ketones (excluding diaryl/α,β-unsaturated/α-hetero) is 2. The summed E-state index contributed by atoms with van der Waals surface area (Å²) in [6.45, 7) is 0. The number of nitrogens with zero attached hydrogens (tertiary/aromatic N) is 2. The molecule has 1 amide bonds. The van der Waals surface area contributed by atoms with Crippen molar-refractivity contribution in [3.63, 3.8) is 0 Å². The number of benzene rings is 4. The molecule has 206 valence electrons. The number of anilines is 1. The number of hydrogen-bond donors (Lipinski definition) is 1. The lowest BCUT2D eigenvalue weighted by molar-refractivity contribution is -0.384. The zero-order valence-electron chi connectivity index (χ0n) is 21.9. The lowest BCUT2D eigenvalue weighted by Gasteiger charge is -2.38. The smallest absolute Gasteiger partial charge is 0.269 e. The van der Waals surface area contributed by atoms with Crippen LogP contribution < -0.4 is 5.32 Å². The lowest BCUT2D eigenvalue weighted by Crippen LogP contribution is -2.49. The van der Waals surface area contributed by atoms with Crippen LogP contribution in [0.15, 0.2) is 103 Å². The summed E-state index contributed by atoms with van der Waals surface area (Å²) in [5, 5.41) is 14.6. The van der Waals surface area contributed by atoms with Crippen LogP contribution in [-0.2, 0) is 10.2 Å². The van der Waals surface area contributed by atoms with Crippen LogP contribution in [0.2, 0.25) is 5.02 Å². The summed E-state index contributed by atoms with van der Waals surface area (Å²) >= 11 is 6.52. The van der Waals surface area contributed by atoms with Gasteiger partial charge in [-0.2, -0.15) is 0 Å². The molecule has 3 aliphatic rings. The molecule has 4 aromatic rings. The maximum absolute atomic E-state index is 14.7. The molecular formula is C33H22ClN3O5. The fourth-order valence-corrected chi connectivity index (χ4v) is 7.14. The van der Waals surface area contributed by atoms with Crippen LogP contribution in [0.5, 0.6) is 0 Å². The first-order valence-electron chi connectivity index (χ1n) is 13.4. The Hall–Kier alpha value is -5.08. The normalized spacial score (nSPS) is 23.2. The Bertz CT molecular complexity index is 1850. The van der Waals surface area contributed by atoms with Crippen LogP contribution in [0.1, 0.15) is 43.4 Å². The van der Waals surface area contributed by atoms with E-state index in [-0.39, 0.29) is 21.8 Å². The molecule has 0 aromatic heterocycles. The van der Waals surface area contributed by atoms with Crippen LogP contribution >= 0.6 is 11.6 Å². The van der Waals surface area contributed by atoms with E-state index in [0.29, 0.717) is 11.3 Å². The quantitative estimate of drug-likeness (QED) is 0.172. The minimum Gasteiger partial charge on any atom is -0.358 e. The summed E-state index contributed by atoms with van der Waals surface area (Å²) in [6.07, 6.45) is 3.66. The molecule has 0 bridgehead atoms. The fraction of sp³-hybridized carbons (Fsp3) is 0.121. The van der Waals surface area contributed by atoms with Gasteiger partial charge in [-0.3, -0.25) is 24.5 Å². The van der Waals surface area contributed by atoms with Crippen LogP contribution in [0.4, 0.5) is 11.4 Å². The Morgan fingerprint density at radius 2 is 1.57 bits per heavy atom. The summed E-state index contributed by atoms with van der Waals surface area (Å²) in [5.74, 6) is -2.46. The Morgan fingerprint density at radius 3 is 2.33 bits per heavy atom. The molecular weight excluding hydrogens is 554 g/mol. The molecule has 1 saturated heterocycles. The van der Waals surface area contributed by atoms with Gasteiger partial charge < -0.3 is 10.2 Å². The highest BCUT2D eigenvalue weighted by Gasteiger charge is 2.70. The molecule has 0 unspecified atom stereocenters. The summed E-state index contributed by atoms with van der Waals surface area (Å²) in [7, 11) is 0. The van der Waals surface area contributed by atoms with Gasteiger partial charge in [-0.1, -0.05) is 66.2 Å². The zero-order valence-corrected chi connectivity index (χ0v) is 22.7. The van der Waals surface area contributed by atoms with Gasteiger partial charge in [0, 0.05) is 35.1 Å². The maximum Gasteiger partial charge on any atom is 0.269 e. The molecule has 42 heavy (non-hydrogen) atoms. The van der Waals surface area contributed by atoms with Gasteiger partial charge in [-0.05, 0) is 53.1 Å². The highest BCUT2D eigenvalue weighted by molar-refractivity contribution is 6.34. The third-order valence-electron chi connectivity index (χ3n) is 8.62. The topological polar surface area (TPSA) is 110 Å². The second-order valence-corrected chi connectivity index (χ2v) is 11.0. The summed E-state index contributed by atoms with van der Waals surface area (Å²) < 4.78 is 0. The molecule has 9 heteroatoms. The van der Waals surface area contributed by atoms with Crippen molar-refractivity contribution >= 4 is 46.5 Å². The number of ketones is 2. The van der Waals surface area contributed by atoms with Crippen LogP contribution in [0, 0.1) is 16.0 Å². The van der Waals surface area contributed by atoms with Crippen molar-refractivity contribution in [2.45, 2.75) is 17.5 Å². The highest BCUT2D eigenvalue weighted by atomic mass is 35.5. The second-order valence-electron chi connectivity index (χ2n) is 10.6. The average Bonchev–Trinajstić information content (AvgIpc) is 3.49.